The van der Waals surface area contributed by atoms with E-state index in [4.69, 9.17) is 14.2 Å². The topological polar surface area (TPSA) is 73.9 Å². The van der Waals surface area contributed by atoms with Crippen LogP contribution in [0.15, 0.2) is 24.3 Å². The number of benzene rings is 1. The number of carbonyl (C=O) groups excluding carboxylic acids is 2. The van der Waals surface area contributed by atoms with Gasteiger partial charge in [-0.25, -0.2) is 0 Å². The van der Waals surface area contributed by atoms with E-state index in [0.717, 1.165) is 49.8 Å². The Kier molecular flexibility index (Phi) is 5.31. The number of amides is 1. The van der Waals surface area contributed by atoms with Gasteiger partial charge >= 0.3 is 0 Å². The second-order valence-corrected chi connectivity index (χ2v) is 9.39. The van der Waals surface area contributed by atoms with Crippen LogP contribution in [0.5, 0.6) is 5.75 Å². The molecule has 1 aromatic carbocycles. The molecule has 6 heteroatoms. The first-order valence-electron chi connectivity index (χ1n) is 11.3. The first-order valence-corrected chi connectivity index (χ1v) is 11.3. The van der Waals surface area contributed by atoms with Gasteiger partial charge in [0.15, 0.2) is 0 Å². The van der Waals surface area contributed by atoms with Gasteiger partial charge in [-0.3, -0.25) is 9.59 Å². The molecule has 0 aromatic heterocycles. The van der Waals surface area contributed by atoms with E-state index in [0.29, 0.717) is 25.4 Å². The van der Waals surface area contributed by atoms with Gasteiger partial charge in [-0.15, -0.1) is 0 Å². The molecule has 2 aliphatic heterocycles. The molecule has 162 valence electrons. The second kappa shape index (κ2) is 7.97. The third-order valence-electron chi connectivity index (χ3n) is 7.51. The number of ketones is 1. The van der Waals surface area contributed by atoms with Crippen LogP contribution < -0.4 is 10.1 Å². The molecule has 0 spiro atoms. The average molecular weight is 414 g/mol. The Bertz CT molecular complexity index is 796. The molecule has 0 radical (unpaired) electrons. The van der Waals surface area contributed by atoms with Crippen LogP contribution in [-0.2, 0) is 24.5 Å². The Hall–Kier alpha value is -1.92. The summed E-state index contributed by atoms with van der Waals surface area (Å²) in [6.07, 6.45) is 6.17. The van der Waals surface area contributed by atoms with Crippen molar-refractivity contribution in [2.45, 2.75) is 68.6 Å². The Morgan fingerprint density at radius 2 is 1.77 bits per heavy atom. The molecule has 2 heterocycles. The fourth-order valence-corrected chi connectivity index (χ4v) is 5.57. The Labute approximate surface area is 177 Å². The van der Waals surface area contributed by atoms with Crippen molar-refractivity contribution in [2.75, 3.05) is 20.3 Å². The largest absolute Gasteiger partial charge is 0.497 e. The molecule has 2 saturated carbocycles. The van der Waals surface area contributed by atoms with Crippen LogP contribution in [-0.4, -0.2) is 50.3 Å². The number of Topliss-reactive ketones (excluding diaryl/α,β-unsaturated/α-hetero) is 1. The molecule has 2 aliphatic carbocycles. The van der Waals surface area contributed by atoms with Crippen LogP contribution in [0.3, 0.4) is 0 Å². The summed E-state index contributed by atoms with van der Waals surface area (Å²) in [6, 6.07) is 7.90. The zero-order chi connectivity index (χ0) is 20.7. The molecule has 0 unspecified atom stereocenters. The molecule has 4 fully saturated rings. The summed E-state index contributed by atoms with van der Waals surface area (Å²) < 4.78 is 17.3. The molecule has 6 nitrogen and oxygen atoms in total. The lowest BCUT2D eigenvalue weighted by Crippen LogP contribution is -2.44. The van der Waals surface area contributed by atoms with E-state index >= 15 is 0 Å². The minimum absolute atomic E-state index is 0.0565. The van der Waals surface area contributed by atoms with Gasteiger partial charge in [0.05, 0.1) is 37.9 Å². The maximum absolute atomic E-state index is 13.6. The minimum atomic E-state index is -0.400. The maximum Gasteiger partial charge on any atom is 0.223 e. The average Bonchev–Trinajstić information content (AvgIpc) is 3.18. The van der Waals surface area contributed by atoms with E-state index < -0.39 is 5.41 Å². The summed E-state index contributed by atoms with van der Waals surface area (Å²) in [5.41, 5.74) is 0.700. The van der Waals surface area contributed by atoms with Crippen LogP contribution in [0, 0.1) is 11.8 Å². The number of carbonyl (C=O) groups is 2. The van der Waals surface area contributed by atoms with E-state index in [9.17, 15) is 9.59 Å². The molecule has 1 aromatic rings. The first kappa shape index (κ1) is 20.0. The van der Waals surface area contributed by atoms with Gasteiger partial charge in [-0.05, 0) is 43.4 Å². The van der Waals surface area contributed by atoms with Crippen molar-refractivity contribution >= 4 is 11.7 Å². The number of rotatable bonds is 7. The van der Waals surface area contributed by atoms with Crippen LogP contribution in [0.1, 0.15) is 50.5 Å². The molecule has 1 amide bonds. The quantitative estimate of drug-likeness (QED) is 0.744. The fourth-order valence-electron chi connectivity index (χ4n) is 5.57. The molecular formula is C24H31NO5. The summed E-state index contributed by atoms with van der Waals surface area (Å²) in [4.78, 5) is 25.8. The van der Waals surface area contributed by atoms with Gasteiger partial charge in [-0.1, -0.05) is 25.0 Å². The standard InChI is InChI=1S/C24H31NO5/c1-28-18-8-6-17(7-9-18)24(10-2-3-11-24)20(26)12-16-13-29-22-19(14-30-21(16)22)25-23(27)15-4-5-15/h6-9,15-16,19,21-22H,2-5,10-14H2,1H3,(H,25,27)/t16-,19-,21+,22+/m0/s1. The number of hydrogen-bond acceptors (Lipinski definition) is 5. The van der Waals surface area contributed by atoms with Gasteiger partial charge in [0, 0.05) is 18.3 Å². The van der Waals surface area contributed by atoms with Gasteiger partial charge < -0.3 is 19.5 Å². The zero-order valence-corrected chi connectivity index (χ0v) is 17.6. The lowest BCUT2D eigenvalue weighted by atomic mass is 9.72. The smallest absolute Gasteiger partial charge is 0.223 e. The highest BCUT2D eigenvalue weighted by Gasteiger charge is 2.51. The molecule has 5 rings (SSSR count). The predicted octanol–water partition coefficient (Wildman–Crippen LogP) is 2.77. The van der Waals surface area contributed by atoms with E-state index in [1.807, 2.05) is 24.3 Å². The molecule has 4 aliphatic rings. The molecular weight excluding hydrogens is 382 g/mol. The Balaban J connectivity index is 1.26. The van der Waals surface area contributed by atoms with Crippen molar-refractivity contribution in [3.63, 3.8) is 0 Å². The summed E-state index contributed by atoms with van der Waals surface area (Å²) >= 11 is 0. The molecule has 0 bridgehead atoms. The number of ether oxygens (including phenoxy) is 3. The fraction of sp³-hybridized carbons (Fsp3) is 0.667. The molecule has 4 atom stereocenters. The van der Waals surface area contributed by atoms with Crippen molar-refractivity contribution < 1.29 is 23.8 Å². The molecule has 1 N–H and O–H groups in total. The normalized spacial score (nSPS) is 32.0. The highest BCUT2D eigenvalue weighted by molar-refractivity contribution is 5.91. The van der Waals surface area contributed by atoms with Gasteiger partial charge in [0.25, 0.3) is 0 Å². The van der Waals surface area contributed by atoms with Gasteiger partial charge in [0.2, 0.25) is 5.91 Å². The lowest BCUT2D eigenvalue weighted by Gasteiger charge is -2.30. The summed E-state index contributed by atoms with van der Waals surface area (Å²) in [5.74, 6) is 1.46. The molecule has 30 heavy (non-hydrogen) atoms. The highest BCUT2D eigenvalue weighted by atomic mass is 16.6. The second-order valence-electron chi connectivity index (χ2n) is 9.39. The number of methoxy groups -OCH3 is 1. The summed E-state index contributed by atoms with van der Waals surface area (Å²) in [6.45, 7) is 0.998. The van der Waals surface area contributed by atoms with Crippen molar-refractivity contribution in [1.29, 1.82) is 0 Å². The third-order valence-corrected chi connectivity index (χ3v) is 7.51. The van der Waals surface area contributed by atoms with E-state index in [1.54, 1.807) is 7.11 Å². The van der Waals surface area contributed by atoms with E-state index in [2.05, 4.69) is 5.32 Å². The van der Waals surface area contributed by atoms with Crippen molar-refractivity contribution in [2.24, 2.45) is 11.8 Å². The van der Waals surface area contributed by atoms with Crippen molar-refractivity contribution in [3.05, 3.63) is 29.8 Å². The Morgan fingerprint density at radius 3 is 2.43 bits per heavy atom. The van der Waals surface area contributed by atoms with E-state index in [-0.39, 0.29) is 36.0 Å². The predicted molar refractivity (Wildman–Crippen MR) is 110 cm³/mol. The number of fused-ring (bicyclic) bond motifs is 1. The zero-order valence-electron chi connectivity index (χ0n) is 17.6. The highest BCUT2D eigenvalue weighted by Crippen LogP contribution is 2.45. The maximum atomic E-state index is 13.6. The summed E-state index contributed by atoms with van der Waals surface area (Å²) in [5, 5.41) is 3.10. The van der Waals surface area contributed by atoms with Crippen molar-refractivity contribution in [1.82, 2.24) is 5.32 Å². The number of nitrogens with one attached hydrogen (secondary N) is 1. The first-order chi connectivity index (χ1) is 14.6. The van der Waals surface area contributed by atoms with Gasteiger partial charge in [-0.2, -0.15) is 0 Å². The van der Waals surface area contributed by atoms with Crippen LogP contribution in [0.2, 0.25) is 0 Å². The third kappa shape index (κ3) is 3.54. The lowest BCUT2D eigenvalue weighted by molar-refractivity contribution is -0.126. The van der Waals surface area contributed by atoms with Gasteiger partial charge in [0.1, 0.15) is 17.6 Å². The summed E-state index contributed by atoms with van der Waals surface area (Å²) in [7, 11) is 1.66. The Morgan fingerprint density at radius 1 is 1.07 bits per heavy atom. The number of hydrogen-bond donors (Lipinski definition) is 1. The SMILES string of the molecule is COc1ccc(C2(C(=O)C[C@H]3CO[C@H]4[C@@H]3OC[C@@H]4NC(=O)C3CC3)CCCC2)cc1. The van der Waals surface area contributed by atoms with Crippen molar-refractivity contribution in [3.8, 4) is 5.75 Å². The minimum Gasteiger partial charge on any atom is -0.497 e. The van der Waals surface area contributed by atoms with Crippen LogP contribution in [0.25, 0.3) is 0 Å². The van der Waals surface area contributed by atoms with Crippen LogP contribution in [0.4, 0.5) is 0 Å². The van der Waals surface area contributed by atoms with E-state index in [1.165, 1.54) is 0 Å². The van der Waals surface area contributed by atoms with Crippen LogP contribution >= 0.6 is 0 Å². The molecule has 2 saturated heterocycles. The monoisotopic (exact) mass is 413 g/mol.